The second-order valence-electron chi connectivity index (χ2n) is 7.42. The molecule has 196 valence electrons. The van der Waals surface area contributed by atoms with Crippen LogP contribution in [-0.2, 0) is 52.3 Å². The fourth-order valence-electron chi connectivity index (χ4n) is 3.15. The van der Waals surface area contributed by atoms with Crippen molar-refractivity contribution in [3.63, 3.8) is 0 Å². The van der Waals surface area contributed by atoms with Crippen molar-refractivity contribution in [2.45, 2.75) is 58.3 Å². The Bertz CT molecular complexity index is 661. The Morgan fingerprint density at radius 3 is 1.94 bits per heavy atom. The van der Waals surface area contributed by atoms with E-state index < -0.39 is 54.5 Å². The van der Waals surface area contributed by atoms with Gasteiger partial charge in [0.05, 0.1) is 33.0 Å². The molecule has 1 unspecified atom stereocenters. The van der Waals surface area contributed by atoms with Crippen LogP contribution < -0.4 is 10.6 Å². The molecule has 0 radical (unpaired) electrons. The lowest BCUT2D eigenvalue weighted by molar-refractivity contribution is -0.279. The van der Waals surface area contributed by atoms with Crippen molar-refractivity contribution < 1.29 is 52.3 Å². The van der Waals surface area contributed by atoms with E-state index in [0.717, 1.165) is 6.54 Å². The van der Waals surface area contributed by atoms with Gasteiger partial charge >= 0.3 is 17.9 Å². The summed E-state index contributed by atoms with van der Waals surface area (Å²) in [6, 6.07) is -1.01. The van der Waals surface area contributed by atoms with Crippen LogP contribution in [0.5, 0.6) is 0 Å². The first-order valence-electron chi connectivity index (χ1n) is 11.0. The van der Waals surface area contributed by atoms with Crippen molar-refractivity contribution in [2.24, 2.45) is 0 Å². The highest BCUT2D eigenvalue weighted by molar-refractivity contribution is 5.73. The molecule has 1 aliphatic heterocycles. The van der Waals surface area contributed by atoms with Crippen LogP contribution in [0.2, 0.25) is 0 Å². The lowest BCUT2D eigenvalue weighted by Gasteiger charge is -2.44. The Balaban J connectivity index is 2.89. The minimum Gasteiger partial charge on any atom is -0.463 e. The molecule has 2 N–H and O–H groups in total. The number of hydrogen-bond acceptors (Lipinski definition) is 12. The zero-order valence-corrected chi connectivity index (χ0v) is 20.3. The van der Waals surface area contributed by atoms with Gasteiger partial charge in [0.25, 0.3) is 0 Å². The van der Waals surface area contributed by atoms with Gasteiger partial charge in [0.1, 0.15) is 18.8 Å². The number of ether oxygens (including phenoxy) is 7. The Morgan fingerprint density at radius 2 is 1.38 bits per heavy atom. The van der Waals surface area contributed by atoms with Crippen LogP contribution in [0.1, 0.15) is 27.7 Å². The number of likely N-dealkylation sites (N-methyl/N-ethyl adjacent to an activating group) is 1. The molecule has 13 heteroatoms. The molecule has 13 nitrogen and oxygen atoms in total. The molecule has 5 atom stereocenters. The molecule has 0 aromatic rings. The fraction of sp³-hybridized carbons (Fsp3) is 0.810. The summed E-state index contributed by atoms with van der Waals surface area (Å²) in [6.07, 6.45) is -4.46. The maximum absolute atomic E-state index is 11.9. The van der Waals surface area contributed by atoms with E-state index in [9.17, 15) is 19.2 Å². The first-order chi connectivity index (χ1) is 16.1. The van der Waals surface area contributed by atoms with Crippen molar-refractivity contribution in [2.75, 3.05) is 53.2 Å². The first kappa shape index (κ1) is 29.7. The van der Waals surface area contributed by atoms with Gasteiger partial charge < -0.3 is 43.8 Å². The Hall–Kier alpha value is -2.32. The lowest BCUT2D eigenvalue weighted by Crippen LogP contribution is -2.66. The van der Waals surface area contributed by atoms with Crippen LogP contribution in [0.4, 0.5) is 0 Å². The summed E-state index contributed by atoms with van der Waals surface area (Å²) in [6.45, 7) is 6.87. The number of nitrogens with one attached hydrogen (secondary N) is 2. The summed E-state index contributed by atoms with van der Waals surface area (Å²) in [5.74, 6) is -2.38. The van der Waals surface area contributed by atoms with Crippen molar-refractivity contribution in [3.8, 4) is 0 Å². The Kier molecular flexibility index (Phi) is 14.3. The van der Waals surface area contributed by atoms with Gasteiger partial charge in [-0.05, 0) is 7.05 Å². The van der Waals surface area contributed by atoms with E-state index in [1.165, 1.54) is 27.7 Å². The highest BCUT2D eigenvalue weighted by atomic mass is 16.7. The van der Waals surface area contributed by atoms with E-state index in [-0.39, 0.29) is 19.8 Å². The maximum Gasteiger partial charge on any atom is 0.303 e. The first-order valence-corrected chi connectivity index (χ1v) is 11.0. The average molecular weight is 493 g/mol. The zero-order chi connectivity index (χ0) is 25.5. The molecule has 1 fully saturated rings. The van der Waals surface area contributed by atoms with Crippen molar-refractivity contribution >= 4 is 23.8 Å². The minimum absolute atomic E-state index is 0.0720. The summed E-state index contributed by atoms with van der Waals surface area (Å²) in [5, 5.41) is 5.59. The molecular formula is C21H36N2O11. The maximum atomic E-state index is 11.9. The second-order valence-corrected chi connectivity index (χ2v) is 7.42. The van der Waals surface area contributed by atoms with Crippen molar-refractivity contribution in [3.05, 3.63) is 0 Å². The van der Waals surface area contributed by atoms with Gasteiger partial charge in [0.15, 0.2) is 18.5 Å². The molecule has 1 saturated heterocycles. The van der Waals surface area contributed by atoms with Crippen molar-refractivity contribution in [1.29, 1.82) is 0 Å². The normalized spacial score (nSPS) is 24.2. The highest BCUT2D eigenvalue weighted by Crippen LogP contribution is 2.28. The molecule has 1 rings (SSSR count). The summed E-state index contributed by atoms with van der Waals surface area (Å²) in [4.78, 5) is 46.7. The van der Waals surface area contributed by atoms with Crippen LogP contribution in [0.15, 0.2) is 0 Å². The third-order valence-corrected chi connectivity index (χ3v) is 4.45. The molecule has 0 saturated carbocycles. The molecule has 0 aromatic carbocycles. The van der Waals surface area contributed by atoms with Gasteiger partial charge in [0, 0.05) is 34.2 Å². The molecule has 1 aliphatic rings. The van der Waals surface area contributed by atoms with Crippen LogP contribution in [0, 0.1) is 0 Å². The molecule has 0 bridgehead atoms. The van der Waals surface area contributed by atoms with Gasteiger partial charge in [-0.3, -0.25) is 19.2 Å². The van der Waals surface area contributed by atoms with Gasteiger partial charge in [-0.2, -0.15) is 0 Å². The van der Waals surface area contributed by atoms with Crippen LogP contribution >= 0.6 is 0 Å². The summed E-state index contributed by atoms with van der Waals surface area (Å²) < 4.78 is 38.2. The molecule has 1 heterocycles. The van der Waals surface area contributed by atoms with E-state index in [1.807, 2.05) is 7.05 Å². The van der Waals surface area contributed by atoms with E-state index in [1.54, 1.807) is 0 Å². The van der Waals surface area contributed by atoms with Crippen LogP contribution in [0.3, 0.4) is 0 Å². The SMILES string of the molecule is CNCCOCCOCCOC1O[C@H](COC(C)=O)[C@H](OC(C)=O)[C@H](OC(C)=O)[C@H]1NC(C)=O. The summed E-state index contributed by atoms with van der Waals surface area (Å²) in [5.41, 5.74) is 0. The molecule has 0 spiro atoms. The average Bonchev–Trinajstić information content (AvgIpc) is 2.74. The largest absolute Gasteiger partial charge is 0.463 e. The van der Waals surface area contributed by atoms with Gasteiger partial charge in [-0.15, -0.1) is 0 Å². The topological polar surface area (TPSA) is 157 Å². The predicted molar refractivity (Wildman–Crippen MR) is 116 cm³/mol. The van der Waals surface area contributed by atoms with Gasteiger partial charge in [-0.25, -0.2) is 0 Å². The molecule has 34 heavy (non-hydrogen) atoms. The quantitative estimate of drug-likeness (QED) is 0.162. The third-order valence-electron chi connectivity index (χ3n) is 4.45. The monoisotopic (exact) mass is 492 g/mol. The summed E-state index contributed by atoms with van der Waals surface area (Å²) in [7, 11) is 1.83. The molecule has 1 amide bonds. The minimum atomic E-state index is -1.16. The number of carbonyl (C=O) groups is 4. The van der Waals surface area contributed by atoms with Crippen LogP contribution in [0.25, 0.3) is 0 Å². The van der Waals surface area contributed by atoms with Gasteiger partial charge in [0.2, 0.25) is 5.91 Å². The van der Waals surface area contributed by atoms with E-state index in [0.29, 0.717) is 19.8 Å². The van der Waals surface area contributed by atoms with E-state index in [2.05, 4.69) is 10.6 Å². The molecular weight excluding hydrogens is 456 g/mol. The Morgan fingerprint density at radius 1 is 0.794 bits per heavy atom. The van der Waals surface area contributed by atoms with E-state index >= 15 is 0 Å². The van der Waals surface area contributed by atoms with Crippen LogP contribution in [-0.4, -0.2) is 108 Å². The molecule has 0 aliphatic carbocycles. The number of hydrogen-bond donors (Lipinski definition) is 2. The Labute approximate surface area is 199 Å². The number of amides is 1. The predicted octanol–water partition coefficient (Wildman–Crippen LogP) is -1.09. The molecule has 0 aromatic heterocycles. The number of rotatable bonds is 15. The second kappa shape index (κ2) is 16.3. The summed E-state index contributed by atoms with van der Waals surface area (Å²) >= 11 is 0. The smallest absolute Gasteiger partial charge is 0.303 e. The number of carbonyl (C=O) groups excluding carboxylic acids is 4. The van der Waals surface area contributed by atoms with E-state index in [4.69, 9.17) is 33.2 Å². The standard InChI is InChI=1S/C21H36N2O11/c1-13(24)23-18-20(33-16(4)27)19(32-15(3)26)17(12-31-14(2)25)34-21(18)30-11-10-29-9-8-28-7-6-22-5/h17-22H,6-12H2,1-5H3,(H,23,24)/t17-,18-,19+,20-,21?/m1/s1. The fourth-order valence-corrected chi connectivity index (χ4v) is 3.15. The van der Waals surface area contributed by atoms with Crippen molar-refractivity contribution in [1.82, 2.24) is 10.6 Å². The highest BCUT2D eigenvalue weighted by Gasteiger charge is 2.51. The lowest BCUT2D eigenvalue weighted by atomic mass is 9.96. The third kappa shape index (κ3) is 11.7. The zero-order valence-electron chi connectivity index (χ0n) is 20.3. The van der Waals surface area contributed by atoms with Gasteiger partial charge in [-0.1, -0.05) is 0 Å². The number of esters is 3.